The summed E-state index contributed by atoms with van der Waals surface area (Å²) in [6.45, 7) is 14.8. The molecule has 1 atom stereocenters. The number of alkyl halides is 1. The minimum absolute atomic E-state index is 0.0833. The third kappa shape index (κ3) is 13.0. The van der Waals surface area contributed by atoms with Crippen molar-refractivity contribution in [2.45, 2.75) is 66.0 Å². The van der Waals surface area contributed by atoms with Gasteiger partial charge in [-0.05, 0) is 138 Å². The Bertz CT molecular complexity index is 2380. The lowest BCUT2D eigenvalue weighted by molar-refractivity contribution is -0.102. The van der Waals surface area contributed by atoms with Gasteiger partial charge in [0, 0.05) is 103 Å². The van der Waals surface area contributed by atoms with Gasteiger partial charge in [-0.25, -0.2) is 15.0 Å². The summed E-state index contributed by atoms with van der Waals surface area (Å²) in [6, 6.07) is 9.95. The molecule has 0 bridgehead atoms. The average Bonchev–Trinajstić information content (AvgIpc) is 4.02. The molecule has 1 aliphatic rings. The lowest BCUT2D eigenvalue weighted by Crippen LogP contribution is -2.41. The molecule has 8 rings (SSSR count). The van der Waals surface area contributed by atoms with Gasteiger partial charge in [-0.15, -0.1) is 0 Å². The van der Waals surface area contributed by atoms with E-state index in [0.717, 1.165) is 52.5 Å². The second-order valence-electron chi connectivity index (χ2n) is 14.2. The predicted octanol–water partition coefficient (Wildman–Crippen LogP) is 8.75. The van der Waals surface area contributed by atoms with Crippen molar-refractivity contribution in [3.63, 3.8) is 0 Å². The number of hydrogen-bond acceptors (Lipinski definition) is 10. The highest BCUT2D eigenvalue weighted by molar-refractivity contribution is 9.11. The highest BCUT2D eigenvalue weighted by Gasteiger charge is 2.52. The maximum atomic E-state index is 5.91. The predicted molar refractivity (Wildman–Crippen MR) is 249 cm³/mol. The summed E-state index contributed by atoms with van der Waals surface area (Å²) in [6.07, 6.45) is 16.6. The number of hydrogen-bond donors (Lipinski definition) is 1. The van der Waals surface area contributed by atoms with Gasteiger partial charge in [-0.2, -0.15) is 10.2 Å². The zero-order chi connectivity index (χ0) is 43.5. The van der Waals surface area contributed by atoms with Crippen LogP contribution in [0.1, 0.15) is 45.7 Å². The topological polar surface area (TPSA) is 146 Å². The summed E-state index contributed by atoms with van der Waals surface area (Å²) in [5.41, 5.74) is 12.1. The zero-order valence-electron chi connectivity index (χ0n) is 34.9. The monoisotopic (exact) mass is 1060 g/mol. The van der Waals surface area contributed by atoms with E-state index in [9.17, 15) is 0 Å². The van der Waals surface area contributed by atoms with Crippen LogP contribution in [0.4, 0.5) is 5.82 Å². The first kappa shape index (κ1) is 48.2. The molecule has 1 unspecified atom stereocenters. The Kier molecular flexibility index (Phi) is 17.9. The normalized spacial score (nSPS) is 14.3. The van der Waals surface area contributed by atoms with Crippen molar-refractivity contribution in [2.75, 3.05) is 24.8 Å². The maximum Gasteiger partial charge on any atom is 0.514 e. The van der Waals surface area contributed by atoms with Crippen molar-refractivity contribution < 1.29 is 18.8 Å². The number of anilines is 1. The lowest BCUT2D eigenvalue weighted by Gasteiger charge is -2.32. The van der Waals surface area contributed by atoms with E-state index in [1.54, 1.807) is 42.8 Å². The SMILES string of the molecule is CCOC(CBr)OC.Cc1cc(Br)cn2ccnc12.Cc1cc(Br)cnc1N.Cn1nccc1-c1cc(Br)cn2ccnc12.Cn1nccc1B1OC(C)(C)C(C)(C)O1. The number of fused-ring (bicyclic) bond motifs is 2. The number of imidazole rings is 2. The molecular weight excluding hydrogens is 1010 g/mol. The van der Waals surface area contributed by atoms with Crippen molar-refractivity contribution in [1.29, 1.82) is 0 Å². The van der Waals surface area contributed by atoms with E-state index < -0.39 is 0 Å². The first-order chi connectivity index (χ1) is 27.9. The number of methoxy groups -OCH3 is 1. The Morgan fingerprint density at radius 3 is 1.83 bits per heavy atom. The van der Waals surface area contributed by atoms with Crippen molar-refractivity contribution in [2.24, 2.45) is 14.1 Å². The number of aromatic nitrogens is 9. The highest BCUT2D eigenvalue weighted by Crippen LogP contribution is 2.36. The van der Waals surface area contributed by atoms with Crippen LogP contribution in [0.5, 0.6) is 0 Å². The van der Waals surface area contributed by atoms with Crippen LogP contribution in [0.25, 0.3) is 22.6 Å². The van der Waals surface area contributed by atoms with Crippen LogP contribution in [-0.2, 0) is 32.9 Å². The minimum Gasteiger partial charge on any atom is -0.398 e. The molecule has 0 aliphatic carbocycles. The molecule has 0 spiro atoms. The molecule has 1 aliphatic heterocycles. The molecule has 0 radical (unpaired) electrons. The Morgan fingerprint density at radius 1 is 0.780 bits per heavy atom. The van der Waals surface area contributed by atoms with Gasteiger partial charge in [0.2, 0.25) is 0 Å². The molecule has 59 heavy (non-hydrogen) atoms. The van der Waals surface area contributed by atoms with E-state index in [2.05, 4.69) is 101 Å². The van der Waals surface area contributed by atoms with Crippen LogP contribution in [0.3, 0.4) is 0 Å². The number of nitrogens with zero attached hydrogens (tertiary/aromatic N) is 9. The molecule has 0 saturated carbocycles. The molecule has 1 saturated heterocycles. The van der Waals surface area contributed by atoms with Gasteiger partial charge in [-0.1, -0.05) is 15.9 Å². The van der Waals surface area contributed by atoms with Gasteiger partial charge >= 0.3 is 7.12 Å². The van der Waals surface area contributed by atoms with E-state index in [1.807, 2.05) is 119 Å². The minimum atomic E-state index is -0.317. The number of nitrogen functional groups attached to an aromatic ring is 1. The number of rotatable bonds is 6. The Morgan fingerprint density at radius 2 is 1.34 bits per heavy atom. The average molecular weight is 1070 g/mol. The Hall–Kier alpha value is -3.43. The summed E-state index contributed by atoms with van der Waals surface area (Å²) >= 11 is 13.4. The fraction of sp³-hybridized carbons (Fsp3) is 0.375. The number of ether oxygens (including phenoxy) is 2. The van der Waals surface area contributed by atoms with Crippen LogP contribution >= 0.6 is 63.7 Å². The smallest absolute Gasteiger partial charge is 0.398 e. The van der Waals surface area contributed by atoms with Crippen LogP contribution in [-0.4, -0.2) is 87.0 Å². The number of aryl methyl sites for hydroxylation is 4. The largest absolute Gasteiger partial charge is 0.514 e. The van der Waals surface area contributed by atoms with Gasteiger partial charge < -0.3 is 33.3 Å². The third-order valence-electron chi connectivity index (χ3n) is 9.37. The van der Waals surface area contributed by atoms with Crippen molar-refractivity contribution in [3.05, 3.63) is 111 Å². The Labute approximate surface area is 379 Å². The molecule has 316 valence electrons. The molecule has 8 heterocycles. The van der Waals surface area contributed by atoms with Crippen molar-refractivity contribution in [1.82, 2.24) is 43.3 Å². The van der Waals surface area contributed by atoms with Gasteiger partial charge in [0.05, 0.1) is 27.8 Å². The summed E-state index contributed by atoms with van der Waals surface area (Å²) in [5.74, 6) is 0.596. The number of pyridine rings is 3. The number of nitrogens with two attached hydrogens (primary N) is 1. The first-order valence-electron chi connectivity index (χ1n) is 18.5. The van der Waals surface area contributed by atoms with Crippen LogP contribution in [0.15, 0.2) is 99.5 Å². The van der Waals surface area contributed by atoms with Crippen LogP contribution in [0.2, 0.25) is 0 Å². The second kappa shape index (κ2) is 21.9. The maximum absolute atomic E-state index is 5.91. The van der Waals surface area contributed by atoms with Crippen molar-refractivity contribution in [3.8, 4) is 11.3 Å². The summed E-state index contributed by atoms with van der Waals surface area (Å²) < 4.78 is 32.4. The molecule has 19 heteroatoms. The molecule has 7 aromatic rings. The van der Waals surface area contributed by atoms with Crippen LogP contribution < -0.4 is 11.3 Å². The van der Waals surface area contributed by atoms with E-state index in [4.69, 9.17) is 24.5 Å². The summed E-state index contributed by atoms with van der Waals surface area (Å²) in [7, 11) is 5.12. The lowest BCUT2D eigenvalue weighted by atomic mass is 9.85. The van der Waals surface area contributed by atoms with Crippen molar-refractivity contribution >= 4 is 93.5 Å². The molecule has 0 amide bonds. The van der Waals surface area contributed by atoms with E-state index in [-0.39, 0.29) is 24.6 Å². The summed E-state index contributed by atoms with van der Waals surface area (Å²) in [4.78, 5) is 12.5. The van der Waals surface area contributed by atoms with Gasteiger partial charge in [-0.3, -0.25) is 9.36 Å². The van der Waals surface area contributed by atoms with Crippen LogP contribution in [0, 0.1) is 13.8 Å². The molecule has 2 N–H and O–H groups in total. The molecule has 14 nitrogen and oxygen atoms in total. The fourth-order valence-corrected chi connectivity index (χ4v) is 7.39. The molecule has 7 aromatic heterocycles. The first-order valence-corrected chi connectivity index (χ1v) is 22.0. The Balaban J connectivity index is 0.000000167. The quantitative estimate of drug-likeness (QED) is 0.0975. The fourth-order valence-electron chi connectivity index (χ4n) is 5.48. The standard InChI is InChI=1S/C11H9BrN4.C10H17BN2O2.C8H7BrN2.C6H7BrN2.C5H11BrO2/c1-15-10(2-3-14-15)9-6-8(12)7-16-5-4-13-11(9)16;1-9(2)10(3,4)15-11(14-9)8-6-7-12-13(8)5;1-6-4-7(9)5-11-3-2-10-8(6)11;1-4-2-5(7)3-9-6(4)8;1-3-8-5(4-6)7-2/h2-7H,1H3;6-7H,1-5H3;2-5H,1H3;2-3H,1H3,(H2,8,9);5H,3-4H2,1-2H3. The number of halogens is 4. The highest BCUT2D eigenvalue weighted by atomic mass is 79.9. The van der Waals surface area contributed by atoms with E-state index in [1.165, 1.54) is 5.56 Å². The second-order valence-corrected chi connectivity index (χ2v) is 17.6. The van der Waals surface area contributed by atoms with E-state index >= 15 is 0 Å². The third-order valence-corrected chi connectivity index (χ3v) is 11.2. The van der Waals surface area contributed by atoms with Gasteiger partial charge in [0.1, 0.15) is 17.1 Å². The molecule has 0 aromatic carbocycles. The molecular formula is C40H51BBr4N10O4. The molecule has 1 fully saturated rings. The zero-order valence-corrected chi connectivity index (χ0v) is 41.2. The van der Waals surface area contributed by atoms with Gasteiger partial charge in [0.25, 0.3) is 0 Å². The van der Waals surface area contributed by atoms with Gasteiger partial charge in [0.15, 0.2) is 6.29 Å². The van der Waals surface area contributed by atoms with E-state index in [0.29, 0.717) is 12.4 Å². The summed E-state index contributed by atoms with van der Waals surface area (Å²) in [5, 5.41) is 9.03.